The number of H-pyrrole nitrogens is 1. The van der Waals surface area contributed by atoms with Gasteiger partial charge in [-0.05, 0) is 36.4 Å². The number of halogens is 1. The van der Waals surface area contributed by atoms with Crippen LogP contribution in [0.1, 0.15) is 0 Å². The molecule has 0 aliphatic rings. The smallest absolute Gasteiger partial charge is 0.306 e. The Morgan fingerprint density at radius 3 is 2.33 bits per heavy atom. The predicted molar refractivity (Wildman–Crippen MR) is 76.1 cm³/mol. The van der Waals surface area contributed by atoms with Crippen LogP contribution in [-0.2, 0) is 10.2 Å². The van der Waals surface area contributed by atoms with Crippen molar-refractivity contribution in [1.82, 2.24) is 9.97 Å². The van der Waals surface area contributed by atoms with E-state index in [9.17, 15) is 17.1 Å². The molecule has 7 heteroatoms. The maximum Gasteiger partial charge on any atom is 0.332 e. The second-order valence-corrected chi connectivity index (χ2v) is 5.74. The van der Waals surface area contributed by atoms with Crippen LogP contribution in [0.25, 0.3) is 22.3 Å². The number of para-hydroxylation sites is 1. The summed E-state index contributed by atoms with van der Waals surface area (Å²) in [5.41, 5.74) is 0.724. The molecule has 0 spiro atoms. The minimum absolute atomic E-state index is 0.293. The maximum absolute atomic E-state index is 12.8. The zero-order valence-electron chi connectivity index (χ0n) is 10.6. The van der Waals surface area contributed by atoms with Gasteiger partial charge in [0.2, 0.25) is 0 Å². The Labute approximate surface area is 119 Å². The van der Waals surface area contributed by atoms with Gasteiger partial charge in [0.1, 0.15) is 5.82 Å². The van der Waals surface area contributed by atoms with Crippen molar-refractivity contribution in [2.45, 2.75) is 4.90 Å². The van der Waals surface area contributed by atoms with Gasteiger partial charge >= 0.3 is 10.2 Å². The number of rotatable bonds is 2. The molecule has 1 aromatic heterocycles. The van der Waals surface area contributed by atoms with E-state index in [0.29, 0.717) is 22.3 Å². The molecule has 0 aliphatic carbocycles. The molecule has 5 nitrogen and oxygen atoms in total. The lowest BCUT2D eigenvalue weighted by atomic mass is 10.2. The lowest BCUT2D eigenvalue weighted by molar-refractivity contribution is 0.552. The maximum atomic E-state index is 12.8. The number of fused-ring (bicyclic) bond motifs is 1. The highest BCUT2D eigenvalue weighted by molar-refractivity contribution is 7.86. The Morgan fingerprint density at radius 2 is 1.67 bits per heavy atom. The van der Waals surface area contributed by atoms with Crippen molar-refractivity contribution >= 4 is 21.1 Å². The Hall–Kier alpha value is -2.54. The molecule has 3 aromatic rings. The first-order valence-corrected chi connectivity index (χ1v) is 7.38. The van der Waals surface area contributed by atoms with Crippen molar-refractivity contribution in [3.8, 4) is 11.4 Å². The van der Waals surface area contributed by atoms with E-state index in [-0.39, 0.29) is 5.56 Å². The third kappa shape index (κ3) is 2.55. The summed E-state index contributed by atoms with van der Waals surface area (Å²) in [4.78, 5) is 18.4. The van der Waals surface area contributed by atoms with E-state index in [2.05, 4.69) is 9.97 Å². The number of nitrogens with zero attached hydrogens (tertiary/aromatic N) is 1. The summed E-state index contributed by atoms with van der Waals surface area (Å²) in [6, 6.07) is 11.9. The van der Waals surface area contributed by atoms with Crippen molar-refractivity contribution in [2.75, 3.05) is 0 Å². The summed E-state index contributed by atoms with van der Waals surface area (Å²) >= 11 is 0. The van der Waals surface area contributed by atoms with E-state index in [1.807, 2.05) is 0 Å². The highest BCUT2D eigenvalue weighted by Crippen LogP contribution is 2.19. The van der Waals surface area contributed by atoms with E-state index < -0.39 is 15.1 Å². The molecular formula is C14H9FN2O3S. The second kappa shape index (κ2) is 4.78. The third-order valence-electron chi connectivity index (χ3n) is 3.02. The van der Waals surface area contributed by atoms with Crippen LogP contribution < -0.4 is 5.56 Å². The molecule has 106 valence electrons. The lowest BCUT2D eigenvalue weighted by Crippen LogP contribution is -2.09. The van der Waals surface area contributed by atoms with Crippen LogP contribution in [-0.4, -0.2) is 18.4 Å². The molecule has 0 saturated heterocycles. The Bertz CT molecular complexity index is 979. The van der Waals surface area contributed by atoms with E-state index in [1.54, 1.807) is 24.3 Å². The summed E-state index contributed by atoms with van der Waals surface area (Å²) in [6.07, 6.45) is 0. The summed E-state index contributed by atoms with van der Waals surface area (Å²) in [6.45, 7) is 0. The molecule has 3 rings (SSSR count). The van der Waals surface area contributed by atoms with E-state index in [0.717, 1.165) is 12.1 Å². The summed E-state index contributed by atoms with van der Waals surface area (Å²) in [7, 11) is -4.74. The molecule has 1 heterocycles. The van der Waals surface area contributed by atoms with Crippen LogP contribution in [0.15, 0.2) is 58.2 Å². The van der Waals surface area contributed by atoms with Crippen molar-refractivity contribution in [1.29, 1.82) is 0 Å². The van der Waals surface area contributed by atoms with Crippen molar-refractivity contribution in [3.63, 3.8) is 0 Å². The fraction of sp³-hybridized carbons (Fsp3) is 0. The first kappa shape index (κ1) is 13.4. The highest BCUT2D eigenvalue weighted by atomic mass is 32.3. The molecule has 0 bridgehead atoms. The molecule has 0 aliphatic heterocycles. The molecule has 2 aromatic carbocycles. The Morgan fingerprint density at radius 1 is 1.00 bits per heavy atom. The van der Waals surface area contributed by atoms with Gasteiger partial charge < -0.3 is 4.98 Å². The average molecular weight is 304 g/mol. The average Bonchev–Trinajstić information content (AvgIpc) is 2.46. The quantitative estimate of drug-likeness (QED) is 0.736. The van der Waals surface area contributed by atoms with Gasteiger partial charge in [0.05, 0.1) is 15.8 Å². The minimum Gasteiger partial charge on any atom is -0.306 e. The number of hydrogen-bond donors (Lipinski definition) is 1. The number of nitrogens with one attached hydrogen (secondary N) is 1. The van der Waals surface area contributed by atoms with E-state index in [1.165, 1.54) is 12.1 Å². The van der Waals surface area contributed by atoms with Gasteiger partial charge in [-0.3, -0.25) is 4.79 Å². The van der Waals surface area contributed by atoms with Gasteiger partial charge in [0, 0.05) is 5.56 Å². The normalized spacial score (nSPS) is 11.7. The molecule has 0 saturated carbocycles. The zero-order valence-corrected chi connectivity index (χ0v) is 11.4. The minimum atomic E-state index is -4.74. The fourth-order valence-corrected chi connectivity index (χ4v) is 2.46. The van der Waals surface area contributed by atoms with E-state index in [4.69, 9.17) is 0 Å². The lowest BCUT2D eigenvalue weighted by Gasteiger charge is -2.03. The van der Waals surface area contributed by atoms with Crippen molar-refractivity contribution in [3.05, 3.63) is 58.9 Å². The van der Waals surface area contributed by atoms with Gasteiger partial charge in [-0.1, -0.05) is 12.1 Å². The Balaban J connectivity index is 2.15. The van der Waals surface area contributed by atoms with Crippen LogP contribution in [0.2, 0.25) is 0 Å². The molecule has 0 radical (unpaired) electrons. The van der Waals surface area contributed by atoms with Gasteiger partial charge in [0.15, 0.2) is 0 Å². The number of hydrogen-bond acceptors (Lipinski definition) is 4. The van der Waals surface area contributed by atoms with Gasteiger partial charge in [-0.2, -0.15) is 8.42 Å². The number of benzene rings is 2. The first-order chi connectivity index (χ1) is 9.95. The third-order valence-corrected chi connectivity index (χ3v) is 3.86. The summed E-state index contributed by atoms with van der Waals surface area (Å²) < 4.78 is 34.4. The van der Waals surface area contributed by atoms with E-state index >= 15 is 0 Å². The topological polar surface area (TPSA) is 79.9 Å². The molecule has 0 atom stereocenters. The van der Waals surface area contributed by atoms with Crippen LogP contribution in [0.5, 0.6) is 0 Å². The molecule has 0 unspecified atom stereocenters. The highest BCUT2D eigenvalue weighted by Gasteiger charge is 2.12. The summed E-state index contributed by atoms with van der Waals surface area (Å²) in [5.74, 6) is 0.293. The second-order valence-electron chi connectivity index (χ2n) is 4.39. The fourth-order valence-electron chi connectivity index (χ4n) is 2.00. The van der Waals surface area contributed by atoms with Crippen LogP contribution in [0.3, 0.4) is 0 Å². The SMILES string of the molecule is O=c1[nH]c(-c2ccc(S(=O)(=O)F)cc2)nc2ccccc12. The molecule has 0 amide bonds. The standard InChI is InChI=1S/C14H9FN2O3S/c15-21(19,20)10-7-5-9(6-8-10)13-16-12-4-2-1-3-11(12)14(18)17-13/h1-8H,(H,16,17,18). The predicted octanol–water partition coefficient (Wildman–Crippen LogP) is 2.25. The molecule has 1 N–H and O–H groups in total. The van der Waals surface area contributed by atoms with Crippen LogP contribution in [0, 0.1) is 0 Å². The zero-order chi connectivity index (χ0) is 15.0. The Kier molecular flexibility index (Phi) is 3.06. The largest absolute Gasteiger partial charge is 0.332 e. The molecule has 21 heavy (non-hydrogen) atoms. The van der Waals surface area contributed by atoms with Gasteiger partial charge in [-0.15, -0.1) is 3.89 Å². The number of aromatic amines is 1. The van der Waals surface area contributed by atoms with Crippen LogP contribution in [0.4, 0.5) is 3.89 Å². The first-order valence-electron chi connectivity index (χ1n) is 5.99. The molecule has 0 fully saturated rings. The summed E-state index contributed by atoms with van der Waals surface area (Å²) in [5, 5.41) is 0.462. The van der Waals surface area contributed by atoms with Gasteiger partial charge in [-0.25, -0.2) is 4.98 Å². The van der Waals surface area contributed by atoms with Gasteiger partial charge in [0.25, 0.3) is 5.56 Å². The monoisotopic (exact) mass is 304 g/mol. The van der Waals surface area contributed by atoms with Crippen molar-refractivity contribution in [2.24, 2.45) is 0 Å². The number of aromatic nitrogens is 2. The molecular weight excluding hydrogens is 295 g/mol. The van der Waals surface area contributed by atoms with Crippen molar-refractivity contribution < 1.29 is 12.3 Å². The van der Waals surface area contributed by atoms with Crippen LogP contribution >= 0.6 is 0 Å².